The van der Waals surface area contributed by atoms with Gasteiger partial charge in [-0.3, -0.25) is 5.84 Å². The van der Waals surface area contributed by atoms with Crippen molar-refractivity contribution in [3.8, 4) is 11.1 Å². The number of hydrogen-bond donors (Lipinski definition) is 2. The van der Waals surface area contributed by atoms with Gasteiger partial charge in [0.25, 0.3) is 0 Å². The Morgan fingerprint density at radius 2 is 1.56 bits per heavy atom. The highest BCUT2D eigenvalue weighted by molar-refractivity contribution is 5.85. The number of nitrogen functional groups attached to an aromatic ring is 1. The minimum atomic E-state index is 0. The molecular weight excluding hydrogens is 244 g/mol. The SMILES string of the molecule is CC(C)c1ccc(-c2ccccc2NN)cc1.Cl. The minimum Gasteiger partial charge on any atom is -0.324 e. The molecule has 0 heterocycles. The van der Waals surface area contributed by atoms with Gasteiger partial charge in [-0.1, -0.05) is 56.3 Å². The van der Waals surface area contributed by atoms with Crippen molar-refractivity contribution in [2.45, 2.75) is 19.8 Å². The van der Waals surface area contributed by atoms with Crippen LogP contribution in [-0.2, 0) is 0 Å². The molecule has 0 aliphatic rings. The molecule has 0 unspecified atom stereocenters. The van der Waals surface area contributed by atoms with E-state index in [1.54, 1.807) is 0 Å². The highest BCUT2D eigenvalue weighted by atomic mass is 35.5. The summed E-state index contributed by atoms with van der Waals surface area (Å²) in [5.74, 6) is 6.08. The number of anilines is 1. The second-order valence-electron chi connectivity index (χ2n) is 4.47. The van der Waals surface area contributed by atoms with Gasteiger partial charge in [-0.25, -0.2) is 0 Å². The summed E-state index contributed by atoms with van der Waals surface area (Å²) in [5.41, 5.74) is 7.35. The monoisotopic (exact) mass is 262 g/mol. The largest absolute Gasteiger partial charge is 0.324 e. The van der Waals surface area contributed by atoms with Crippen LogP contribution in [-0.4, -0.2) is 0 Å². The van der Waals surface area contributed by atoms with Crippen molar-refractivity contribution in [3.05, 3.63) is 54.1 Å². The fourth-order valence-corrected chi connectivity index (χ4v) is 1.91. The van der Waals surface area contributed by atoms with E-state index in [1.807, 2.05) is 18.2 Å². The van der Waals surface area contributed by atoms with Gasteiger partial charge in [-0.2, -0.15) is 0 Å². The molecule has 0 spiro atoms. The smallest absolute Gasteiger partial charge is 0.0563 e. The van der Waals surface area contributed by atoms with Crippen LogP contribution in [0.4, 0.5) is 5.69 Å². The Morgan fingerprint density at radius 1 is 0.944 bits per heavy atom. The number of nitrogens with one attached hydrogen (secondary N) is 1. The van der Waals surface area contributed by atoms with E-state index in [9.17, 15) is 0 Å². The molecule has 18 heavy (non-hydrogen) atoms. The van der Waals surface area contributed by atoms with E-state index in [-0.39, 0.29) is 12.4 Å². The van der Waals surface area contributed by atoms with Crippen LogP contribution >= 0.6 is 12.4 Å². The molecule has 96 valence electrons. The Bertz CT molecular complexity index is 492. The predicted molar refractivity (Wildman–Crippen MR) is 81.0 cm³/mol. The summed E-state index contributed by atoms with van der Waals surface area (Å²) in [6, 6.07) is 16.7. The molecule has 2 rings (SSSR count). The second-order valence-corrected chi connectivity index (χ2v) is 4.47. The van der Waals surface area contributed by atoms with Crippen LogP contribution in [0, 0.1) is 0 Å². The molecule has 0 saturated carbocycles. The van der Waals surface area contributed by atoms with Gasteiger partial charge in [0, 0.05) is 5.56 Å². The molecule has 2 aromatic rings. The number of rotatable bonds is 3. The van der Waals surface area contributed by atoms with E-state index >= 15 is 0 Å². The van der Waals surface area contributed by atoms with Crippen LogP contribution in [0.1, 0.15) is 25.3 Å². The summed E-state index contributed by atoms with van der Waals surface area (Å²) in [6.45, 7) is 4.40. The van der Waals surface area contributed by atoms with E-state index in [4.69, 9.17) is 5.84 Å². The summed E-state index contributed by atoms with van der Waals surface area (Å²) in [7, 11) is 0. The van der Waals surface area contributed by atoms with E-state index in [0.29, 0.717) is 5.92 Å². The lowest BCUT2D eigenvalue weighted by molar-refractivity contribution is 0.867. The topological polar surface area (TPSA) is 38.0 Å². The molecule has 0 aliphatic heterocycles. The van der Waals surface area contributed by atoms with Crippen LogP contribution in [0.25, 0.3) is 11.1 Å². The molecule has 0 bridgehead atoms. The summed E-state index contributed by atoms with van der Waals surface area (Å²) >= 11 is 0. The Kier molecular flexibility index (Phi) is 5.20. The van der Waals surface area contributed by atoms with Gasteiger partial charge in [0.2, 0.25) is 0 Å². The average Bonchev–Trinajstić information content (AvgIpc) is 2.39. The van der Waals surface area contributed by atoms with Gasteiger partial charge >= 0.3 is 0 Å². The third-order valence-corrected chi connectivity index (χ3v) is 2.97. The van der Waals surface area contributed by atoms with Gasteiger partial charge in [0.1, 0.15) is 0 Å². The fourth-order valence-electron chi connectivity index (χ4n) is 1.91. The maximum atomic E-state index is 5.52. The van der Waals surface area contributed by atoms with Crippen molar-refractivity contribution in [3.63, 3.8) is 0 Å². The van der Waals surface area contributed by atoms with Gasteiger partial charge in [-0.15, -0.1) is 12.4 Å². The van der Waals surface area contributed by atoms with Crippen molar-refractivity contribution < 1.29 is 0 Å². The number of nitrogens with two attached hydrogens (primary N) is 1. The van der Waals surface area contributed by atoms with Gasteiger partial charge in [0.15, 0.2) is 0 Å². The first kappa shape index (κ1) is 14.6. The Hall–Kier alpha value is -1.51. The molecular formula is C15H19ClN2. The van der Waals surface area contributed by atoms with E-state index < -0.39 is 0 Å². The molecule has 0 aromatic heterocycles. The lowest BCUT2D eigenvalue weighted by atomic mass is 9.98. The molecule has 0 radical (unpaired) electrons. The normalized spacial score (nSPS) is 10.0. The van der Waals surface area contributed by atoms with E-state index in [0.717, 1.165) is 11.3 Å². The van der Waals surface area contributed by atoms with Crippen molar-refractivity contribution in [1.29, 1.82) is 0 Å². The van der Waals surface area contributed by atoms with E-state index in [2.05, 4.69) is 49.6 Å². The summed E-state index contributed by atoms with van der Waals surface area (Å²) < 4.78 is 0. The first-order valence-corrected chi connectivity index (χ1v) is 5.88. The van der Waals surface area contributed by atoms with Crippen molar-refractivity contribution >= 4 is 18.1 Å². The fraction of sp³-hybridized carbons (Fsp3) is 0.200. The first-order chi connectivity index (χ1) is 8.22. The number of halogens is 1. The summed E-state index contributed by atoms with van der Waals surface area (Å²) in [5, 5.41) is 0. The van der Waals surface area contributed by atoms with Crippen LogP contribution < -0.4 is 11.3 Å². The highest BCUT2D eigenvalue weighted by Crippen LogP contribution is 2.28. The lowest BCUT2D eigenvalue weighted by Crippen LogP contribution is -2.07. The van der Waals surface area contributed by atoms with Crippen LogP contribution in [0.2, 0.25) is 0 Å². The highest BCUT2D eigenvalue weighted by Gasteiger charge is 2.04. The molecule has 0 aliphatic carbocycles. The zero-order chi connectivity index (χ0) is 12.3. The molecule has 0 atom stereocenters. The number of para-hydroxylation sites is 1. The molecule has 0 fully saturated rings. The maximum absolute atomic E-state index is 5.52. The molecule has 3 heteroatoms. The lowest BCUT2D eigenvalue weighted by Gasteiger charge is -2.10. The van der Waals surface area contributed by atoms with Crippen molar-refractivity contribution in [1.82, 2.24) is 0 Å². The molecule has 0 amide bonds. The number of hydrogen-bond acceptors (Lipinski definition) is 2. The predicted octanol–water partition coefficient (Wildman–Crippen LogP) is 4.18. The molecule has 0 saturated heterocycles. The second kappa shape index (κ2) is 6.43. The van der Waals surface area contributed by atoms with Crippen LogP contribution in [0.15, 0.2) is 48.5 Å². The molecule has 2 aromatic carbocycles. The Labute approximate surface area is 115 Å². The number of hydrazine groups is 1. The zero-order valence-corrected chi connectivity index (χ0v) is 11.5. The molecule has 3 N–H and O–H groups in total. The summed E-state index contributed by atoms with van der Waals surface area (Å²) in [4.78, 5) is 0. The third kappa shape index (κ3) is 3.03. The van der Waals surface area contributed by atoms with E-state index in [1.165, 1.54) is 11.1 Å². The van der Waals surface area contributed by atoms with Crippen molar-refractivity contribution in [2.24, 2.45) is 5.84 Å². The standard InChI is InChI=1S/C15H18N2.ClH/c1-11(2)12-7-9-13(10-8-12)14-5-3-4-6-15(14)17-16;/h3-11,17H,16H2,1-2H3;1H. The minimum absolute atomic E-state index is 0. The van der Waals surface area contributed by atoms with Gasteiger partial charge in [0.05, 0.1) is 5.69 Å². The third-order valence-electron chi connectivity index (χ3n) is 2.97. The Balaban J connectivity index is 0.00000162. The quantitative estimate of drug-likeness (QED) is 0.643. The van der Waals surface area contributed by atoms with Gasteiger partial charge < -0.3 is 5.43 Å². The first-order valence-electron chi connectivity index (χ1n) is 5.88. The Morgan fingerprint density at radius 3 is 2.11 bits per heavy atom. The number of benzene rings is 2. The van der Waals surface area contributed by atoms with Crippen molar-refractivity contribution in [2.75, 3.05) is 5.43 Å². The van der Waals surface area contributed by atoms with Crippen LogP contribution in [0.3, 0.4) is 0 Å². The van der Waals surface area contributed by atoms with Gasteiger partial charge in [-0.05, 0) is 23.1 Å². The summed E-state index contributed by atoms with van der Waals surface area (Å²) in [6.07, 6.45) is 0. The average molecular weight is 263 g/mol. The molecule has 2 nitrogen and oxygen atoms in total. The maximum Gasteiger partial charge on any atom is 0.0563 e. The van der Waals surface area contributed by atoms with Crippen LogP contribution in [0.5, 0.6) is 0 Å². The zero-order valence-electron chi connectivity index (χ0n) is 10.7.